The lowest BCUT2D eigenvalue weighted by Crippen LogP contribution is -2.24. The van der Waals surface area contributed by atoms with Gasteiger partial charge in [-0.05, 0) is 45.2 Å². The third-order valence-electron chi connectivity index (χ3n) is 4.39. The number of nitrogens with zero attached hydrogens (tertiary/aromatic N) is 4. The Balaban J connectivity index is 0.00000300. The first-order valence-electron chi connectivity index (χ1n) is 8.94. The maximum absolute atomic E-state index is 11.6. The maximum Gasteiger partial charge on any atom is 0.293 e. The standard InChI is InChI=1S/C19H22N6O3.ClH/c1-12(20-3)10-18-23-19(28-24-18)14-7-8-16(17(11-14)25(26)27)22-13(2)15-6-4-5-9-21-15;/h4-9,11-13,20,22H,10H2,1-3H3;1H. The van der Waals surface area contributed by atoms with E-state index < -0.39 is 4.92 Å². The summed E-state index contributed by atoms with van der Waals surface area (Å²) < 4.78 is 5.28. The minimum atomic E-state index is -0.433. The van der Waals surface area contributed by atoms with Crippen molar-refractivity contribution in [3.8, 4) is 11.5 Å². The third kappa shape index (κ3) is 5.49. The van der Waals surface area contributed by atoms with Gasteiger partial charge in [0.05, 0.1) is 16.7 Å². The van der Waals surface area contributed by atoms with Crippen LogP contribution in [-0.4, -0.2) is 33.1 Å². The van der Waals surface area contributed by atoms with E-state index in [1.54, 1.807) is 18.3 Å². The van der Waals surface area contributed by atoms with Crippen molar-refractivity contribution in [2.75, 3.05) is 12.4 Å². The Morgan fingerprint density at radius 2 is 2.03 bits per heavy atom. The Morgan fingerprint density at radius 1 is 1.24 bits per heavy atom. The van der Waals surface area contributed by atoms with Crippen LogP contribution in [0.2, 0.25) is 0 Å². The van der Waals surface area contributed by atoms with E-state index in [1.807, 2.05) is 39.1 Å². The molecule has 0 spiro atoms. The molecule has 3 aromatic rings. The van der Waals surface area contributed by atoms with Crippen LogP contribution in [0.4, 0.5) is 11.4 Å². The molecule has 10 heteroatoms. The molecule has 0 saturated heterocycles. The number of nitro benzene ring substituents is 1. The van der Waals surface area contributed by atoms with Crippen LogP contribution in [0.1, 0.15) is 31.4 Å². The first-order chi connectivity index (χ1) is 13.5. The quantitative estimate of drug-likeness (QED) is 0.419. The number of aromatic nitrogens is 3. The van der Waals surface area contributed by atoms with Crippen molar-refractivity contribution in [2.45, 2.75) is 32.4 Å². The van der Waals surface area contributed by atoms with Crippen LogP contribution in [0, 0.1) is 10.1 Å². The molecule has 0 amide bonds. The van der Waals surface area contributed by atoms with E-state index in [4.69, 9.17) is 4.52 Å². The van der Waals surface area contributed by atoms with Gasteiger partial charge in [-0.3, -0.25) is 15.1 Å². The van der Waals surface area contributed by atoms with Gasteiger partial charge in [-0.15, -0.1) is 12.4 Å². The SMILES string of the molecule is CNC(C)Cc1noc(-c2ccc(NC(C)c3ccccn3)c([N+](=O)[O-])c2)n1.Cl. The van der Waals surface area contributed by atoms with Crippen molar-refractivity contribution in [2.24, 2.45) is 0 Å². The first-order valence-corrected chi connectivity index (χ1v) is 8.94. The van der Waals surface area contributed by atoms with Crippen molar-refractivity contribution in [1.82, 2.24) is 20.4 Å². The summed E-state index contributed by atoms with van der Waals surface area (Å²) in [6.45, 7) is 3.90. The third-order valence-corrected chi connectivity index (χ3v) is 4.39. The predicted octanol–water partition coefficient (Wildman–Crippen LogP) is 3.79. The molecule has 0 aliphatic rings. The van der Waals surface area contributed by atoms with Gasteiger partial charge in [0.25, 0.3) is 11.6 Å². The average molecular weight is 419 g/mol. The highest BCUT2D eigenvalue weighted by molar-refractivity contribution is 5.85. The van der Waals surface area contributed by atoms with Crippen molar-refractivity contribution >= 4 is 23.8 Å². The normalized spacial score (nSPS) is 12.7. The second kappa shape index (κ2) is 9.94. The van der Waals surface area contributed by atoms with Crippen LogP contribution in [0.25, 0.3) is 11.5 Å². The summed E-state index contributed by atoms with van der Waals surface area (Å²) in [4.78, 5) is 19.8. The van der Waals surface area contributed by atoms with E-state index in [9.17, 15) is 10.1 Å². The fraction of sp³-hybridized carbons (Fsp3) is 0.316. The number of anilines is 1. The Kier molecular flexibility index (Phi) is 7.63. The molecule has 0 aliphatic heterocycles. The predicted molar refractivity (Wildman–Crippen MR) is 112 cm³/mol. The summed E-state index contributed by atoms with van der Waals surface area (Å²) in [6, 6.07) is 10.4. The summed E-state index contributed by atoms with van der Waals surface area (Å²) in [5, 5.41) is 21.8. The highest BCUT2D eigenvalue weighted by Gasteiger charge is 2.20. The van der Waals surface area contributed by atoms with Crippen LogP contribution >= 0.6 is 12.4 Å². The van der Waals surface area contributed by atoms with Crippen molar-refractivity contribution in [3.63, 3.8) is 0 Å². The van der Waals surface area contributed by atoms with Gasteiger partial charge in [0.15, 0.2) is 5.82 Å². The number of pyridine rings is 1. The van der Waals surface area contributed by atoms with Crippen LogP contribution in [0.3, 0.4) is 0 Å². The lowest BCUT2D eigenvalue weighted by atomic mass is 10.1. The summed E-state index contributed by atoms with van der Waals surface area (Å²) in [7, 11) is 1.85. The van der Waals surface area contributed by atoms with E-state index in [0.29, 0.717) is 23.5 Å². The molecule has 3 rings (SSSR count). The van der Waals surface area contributed by atoms with Gasteiger partial charge < -0.3 is 15.2 Å². The number of nitrogens with one attached hydrogen (secondary N) is 2. The molecule has 0 bridgehead atoms. The summed E-state index contributed by atoms with van der Waals surface area (Å²) in [5.74, 6) is 0.802. The van der Waals surface area contributed by atoms with Crippen molar-refractivity contribution in [1.29, 1.82) is 0 Å². The molecule has 2 unspecified atom stereocenters. The summed E-state index contributed by atoms with van der Waals surface area (Å²) in [5.41, 5.74) is 1.62. The summed E-state index contributed by atoms with van der Waals surface area (Å²) >= 11 is 0. The van der Waals surface area contributed by atoms with E-state index in [2.05, 4.69) is 25.8 Å². The molecule has 2 atom stereocenters. The van der Waals surface area contributed by atoms with E-state index >= 15 is 0 Å². The highest BCUT2D eigenvalue weighted by Crippen LogP contribution is 2.32. The first kappa shape index (κ1) is 22.3. The van der Waals surface area contributed by atoms with Gasteiger partial charge in [-0.1, -0.05) is 11.2 Å². The van der Waals surface area contributed by atoms with Gasteiger partial charge >= 0.3 is 0 Å². The number of benzene rings is 1. The largest absolute Gasteiger partial charge is 0.371 e. The molecule has 9 nitrogen and oxygen atoms in total. The van der Waals surface area contributed by atoms with Gasteiger partial charge in [0.2, 0.25) is 0 Å². The molecule has 0 fully saturated rings. The Bertz CT molecular complexity index is 950. The zero-order valence-electron chi connectivity index (χ0n) is 16.3. The molecule has 2 aromatic heterocycles. The van der Waals surface area contributed by atoms with Crippen LogP contribution in [0.5, 0.6) is 0 Å². The van der Waals surface area contributed by atoms with E-state index in [-0.39, 0.29) is 36.1 Å². The molecule has 154 valence electrons. The zero-order valence-corrected chi connectivity index (χ0v) is 17.1. The minimum absolute atomic E-state index is 0. The maximum atomic E-state index is 11.6. The summed E-state index contributed by atoms with van der Waals surface area (Å²) in [6.07, 6.45) is 2.29. The number of nitro groups is 1. The number of hydrogen-bond acceptors (Lipinski definition) is 8. The van der Waals surface area contributed by atoms with Crippen LogP contribution in [-0.2, 0) is 6.42 Å². The van der Waals surface area contributed by atoms with Gasteiger partial charge in [0.1, 0.15) is 5.69 Å². The number of rotatable bonds is 8. The lowest BCUT2D eigenvalue weighted by molar-refractivity contribution is -0.383. The number of hydrogen-bond donors (Lipinski definition) is 2. The number of halogens is 1. The van der Waals surface area contributed by atoms with Gasteiger partial charge in [-0.2, -0.15) is 4.98 Å². The second-order valence-electron chi connectivity index (χ2n) is 6.52. The monoisotopic (exact) mass is 418 g/mol. The Hall–Kier alpha value is -3.04. The molecule has 0 aliphatic carbocycles. The van der Waals surface area contributed by atoms with Gasteiger partial charge in [-0.25, -0.2) is 0 Å². The van der Waals surface area contributed by atoms with E-state index in [0.717, 1.165) is 5.69 Å². The molecular formula is C19H23ClN6O3. The molecule has 0 saturated carbocycles. The Labute approximate surface area is 174 Å². The fourth-order valence-corrected chi connectivity index (χ4v) is 2.71. The molecule has 29 heavy (non-hydrogen) atoms. The van der Waals surface area contributed by atoms with E-state index in [1.165, 1.54) is 6.07 Å². The molecule has 1 aromatic carbocycles. The fourth-order valence-electron chi connectivity index (χ4n) is 2.71. The van der Waals surface area contributed by atoms with Gasteiger partial charge in [0, 0.05) is 30.3 Å². The molecule has 2 N–H and O–H groups in total. The highest BCUT2D eigenvalue weighted by atomic mass is 35.5. The van der Waals surface area contributed by atoms with Crippen LogP contribution in [0.15, 0.2) is 47.1 Å². The van der Waals surface area contributed by atoms with Crippen molar-refractivity contribution in [3.05, 3.63) is 64.2 Å². The zero-order chi connectivity index (χ0) is 20.1. The van der Waals surface area contributed by atoms with Crippen molar-refractivity contribution < 1.29 is 9.45 Å². The topological polar surface area (TPSA) is 119 Å². The Morgan fingerprint density at radius 3 is 2.69 bits per heavy atom. The van der Waals surface area contributed by atoms with Crippen LogP contribution < -0.4 is 10.6 Å². The average Bonchev–Trinajstić information content (AvgIpc) is 3.17. The second-order valence-corrected chi connectivity index (χ2v) is 6.52. The number of likely N-dealkylation sites (N-methyl/N-ethyl adjacent to an activating group) is 1. The molecule has 0 radical (unpaired) electrons. The lowest BCUT2D eigenvalue weighted by Gasteiger charge is -2.15. The minimum Gasteiger partial charge on any atom is -0.371 e. The molecular weight excluding hydrogens is 396 g/mol. The molecule has 2 heterocycles. The smallest absolute Gasteiger partial charge is 0.293 e.